The summed E-state index contributed by atoms with van der Waals surface area (Å²) in [5.74, 6) is -1.26. The summed E-state index contributed by atoms with van der Waals surface area (Å²) < 4.78 is 45.7. The van der Waals surface area contributed by atoms with Gasteiger partial charge in [0.15, 0.2) is 11.5 Å². The van der Waals surface area contributed by atoms with Gasteiger partial charge in [-0.3, -0.25) is 9.59 Å². The van der Waals surface area contributed by atoms with E-state index < -0.39 is 23.0 Å². The molecule has 2 heterocycles. The van der Waals surface area contributed by atoms with E-state index in [4.69, 9.17) is 14.2 Å². The molecular formula is C25H21F2N3O5. The number of methoxy groups -OCH3 is 3. The molecular weight excluding hydrogens is 460 g/mol. The van der Waals surface area contributed by atoms with Crippen LogP contribution < -0.4 is 25.0 Å². The summed E-state index contributed by atoms with van der Waals surface area (Å²) in [4.78, 5) is 30.5. The summed E-state index contributed by atoms with van der Waals surface area (Å²) in [5.41, 5.74) is -0.619. The maximum atomic E-state index is 14.4. The predicted octanol–water partition coefficient (Wildman–Crippen LogP) is 4.00. The van der Waals surface area contributed by atoms with E-state index in [0.29, 0.717) is 17.2 Å². The number of rotatable bonds is 7. The number of anilines is 1. The minimum Gasteiger partial charge on any atom is -0.493 e. The molecule has 10 heteroatoms. The summed E-state index contributed by atoms with van der Waals surface area (Å²) in [5, 5.41) is 2.64. The molecule has 4 aromatic rings. The number of pyridine rings is 2. The molecule has 180 valence electrons. The van der Waals surface area contributed by atoms with Gasteiger partial charge in [0, 0.05) is 29.6 Å². The quantitative estimate of drug-likeness (QED) is 0.429. The third-order valence-electron chi connectivity index (χ3n) is 5.39. The van der Waals surface area contributed by atoms with E-state index in [2.05, 4.69) is 10.3 Å². The Morgan fingerprint density at radius 3 is 2.34 bits per heavy atom. The molecule has 1 N–H and O–H groups in total. The largest absolute Gasteiger partial charge is 0.493 e. The lowest BCUT2D eigenvalue weighted by atomic mass is 10.1. The van der Waals surface area contributed by atoms with Gasteiger partial charge in [-0.15, -0.1) is 0 Å². The highest BCUT2D eigenvalue weighted by atomic mass is 19.1. The van der Waals surface area contributed by atoms with Crippen molar-refractivity contribution in [2.24, 2.45) is 0 Å². The number of hydrogen-bond donors (Lipinski definition) is 1. The van der Waals surface area contributed by atoms with Crippen LogP contribution in [0.5, 0.6) is 17.4 Å². The highest BCUT2D eigenvalue weighted by Gasteiger charge is 2.20. The molecule has 8 nitrogen and oxygen atoms in total. The van der Waals surface area contributed by atoms with Crippen LogP contribution in [0.3, 0.4) is 0 Å². The van der Waals surface area contributed by atoms with E-state index in [1.807, 2.05) is 0 Å². The van der Waals surface area contributed by atoms with Crippen molar-refractivity contribution in [1.82, 2.24) is 9.55 Å². The Labute approximate surface area is 198 Å². The summed E-state index contributed by atoms with van der Waals surface area (Å²) in [6.07, 6.45) is 1.25. The Hall–Kier alpha value is -4.47. The van der Waals surface area contributed by atoms with Crippen molar-refractivity contribution in [2.75, 3.05) is 26.6 Å². The first-order valence-corrected chi connectivity index (χ1v) is 10.4. The van der Waals surface area contributed by atoms with Gasteiger partial charge < -0.3 is 24.1 Å². The van der Waals surface area contributed by atoms with Crippen LogP contribution in [0.15, 0.2) is 59.5 Å². The SMILES string of the molecule is COc1ccc2c(n1)c(=O)c(C(=O)Nc1ccc(OC)c(OC)c1)cn2Cc1c(F)cccc1F. The Kier molecular flexibility index (Phi) is 6.63. The number of benzene rings is 2. The van der Waals surface area contributed by atoms with Crippen molar-refractivity contribution in [3.8, 4) is 17.4 Å². The van der Waals surface area contributed by atoms with Crippen molar-refractivity contribution in [3.63, 3.8) is 0 Å². The third kappa shape index (κ3) is 4.63. The number of carbonyl (C=O) groups is 1. The summed E-state index contributed by atoms with van der Waals surface area (Å²) in [6, 6.07) is 11.3. The van der Waals surface area contributed by atoms with Crippen LogP contribution in [0.2, 0.25) is 0 Å². The number of amides is 1. The first kappa shape index (κ1) is 23.7. The minimum atomic E-state index is -0.755. The van der Waals surface area contributed by atoms with Crippen molar-refractivity contribution < 1.29 is 27.8 Å². The van der Waals surface area contributed by atoms with Crippen molar-refractivity contribution in [1.29, 1.82) is 0 Å². The second-order valence-electron chi connectivity index (χ2n) is 7.45. The van der Waals surface area contributed by atoms with Crippen LogP contribution in [0.4, 0.5) is 14.5 Å². The molecule has 2 aromatic heterocycles. The molecule has 0 spiro atoms. The first-order chi connectivity index (χ1) is 16.9. The molecule has 0 bridgehead atoms. The number of carbonyl (C=O) groups excluding carboxylic acids is 1. The summed E-state index contributed by atoms with van der Waals surface area (Å²) >= 11 is 0. The normalized spacial score (nSPS) is 10.8. The molecule has 1 amide bonds. The Balaban J connectivity index is 1.82. The standard InChI is InChI=1S/C25H21F2N3O5/c1-33-20-9-7-14(11-21(20)34-2)28-25(32)16-13-30(12-15-17(26)5-4-6-18(15)27)19-8-10-22(35-3)29-23(19)24(16)31/h4-11,13H,12H2,1-3H3,(H,28,32). The van der Waals surface area contributed by atoms with Crippen LogP contribution in [0, 0.1) is 11.6 Å². The molecule has 0 radical (unpaired) electrons. The van der Waals surface area contributed by atoms with Gasteiger partial charge in [-0.2, -0.15) is 0 Å². The molecule has 0 saturated heterocycles. The molecule has 2 aromatic carbocycles. The van der Waals surface area contributed by atoms with Crippen LogP contribution in [0.1, 0.15) is 15.9 Å². The van der Waals surface area contributed by atoms with Crippen LogP contribution in [-0.2, 0) is 6.54 Å². The maximum Gasteiger partial charge on any atom is 0.261 e. The third-order valence-corrected chi connectivity index (χ3v) is 5.39. The van der Waals surface area contributed by atoms with E-state index >= 15 is 0 Å². The number of fused-ring (bicyclic) bond motifs is 1. The number of nitrogens with one attached hydrogen (secondary N) is 1. The number of ether oxygens (including phenoxy) is 3. The molecule has 0 aliphatic rings. The smallest absolute Gasteiger partial charge is 0.261 e. The number of hydrogen-bond acceptors (Lipinski definition) is 6. The van der Waals surface area contributed by atoms with Gasteiger partial charge in [0.25, 0.3) is 5.91 Å². The van der Waals surface area contributed by atoms with Gasteiger partial charge in [0.05, 0.1) is 33.4 Å². The van der Waals surface area contributed by atoms with E-state index in [1.54, 1.807) is 12.1 Å². The van der Waals surface area contributed by atoms with Gasteiger partial charge >= 0.3 is 0 Å². The summed E-state index contributed by atoms with van der Waals surface area (Å²) in [7, 11) is 4.31. The van der Waals surface area contributed by atoms with Gasteiger partial charge in [-0.25, -0.2) is 13.8 Å². The maximum absolute atomic E-state index is 14.4. The fraction of sp³-hybridized carbons (Fsp3) is 0.160. The first-order valence-electron chi connectivity index (χ1n) is 10.4. The minimum absolute atomic E-state index is 0.0824. The lowest BCUT2D eigenvalue weighted by molar-refractivity contribution is 0.102. The lowest BCUT2D eigenvalue weighted by Gasteiger charge is -2.15. The highest BCUT2D eigenvalue weighted by molar-refractivity contribution is 6.05. The van der Waals surface area contributed by atoms with E-state index in [1.165, 1.54) is 56.4 Å². The number of aromatic nitrogens is 2. The second kappa shape index (κ2) is 9.80. The monoisotopic (exact) mass is 481 g/mol. The fourth-order valence-corrected chi connectivity index (χ4v) is 3.62. The Bertz CT molecular complexity index is 1470. The molecule has 0 unspecified atom stereocenters. The van der Waals surface area contributed by atoms with Crippen LogP contribution >= 0.6 is 0 Å². The molecule has 35 heavy (non-hydrogen) atoms. The van der Waals surface area contributed by atoms with E-state index in [0.717, 1.165) is 12.1 Å². The van der Waals surface area contributed by atoms with E-state index in [-0.39, 0.29) is 34.6 Å². The average Bonchev–Trinajstić information content (AvgIpc) is 2.87. The molecule has 0 aliphatic heterocycles. The summed E-state index contributed by atoms with van der Waals surface area (Å²) in [6.45, 7) is -0.278. The van der Waals surface area contributed by atoms with Gasteiger partial charge in [-0.1, -0.05) is 6.07 Å². The van der Waals surface area contributed by atoms with Crippen molar-refractivity contribution >= 4 is 22.6 Å². The topological polar surface area (TPSA) is 91.7 Å². The van der Waals surface area contributed by atoms with Crippen molar-refractivity contribution in [3.05, 3.63) is 87.7 Å². The lowest BCUT2D eigenvalue weighted by Crippen LogP contribution is -2.25. The average molecular weight is 481 g/mol. The zero-order valence-electron chi connectivity index (χ0n) is 19.1. The molecule has 0 fully saturated rings. The molecule has 0 aliphatic carbocycles. The highest BCUT2D eigenvalue weighted by Crippen LogP contribution is 2.30. The van der Waals surface area contributed by atoms with Gasteiger partial charge in [0.2, 0.25) is 11.3 Å². The fourth-order valence-electron chi connectivity index (χ4n) is 3.62. The van der Waals surface area contributed by atoms with Crippen LogP contribution in [0.25, 0.3) is 11.0 Å². The molecule has 4 rings (SSSR count). The molecule has 0 saturated carbocycles. The van der Waals surface area contributed by atoms with Crippen LogP contribution in [-0.4, -0.2) is 36.8 Å². The zero-order valence-corrected chi connectivity index (χ0v) is 19.1. The van der Waals surface area contributed by atoms with Gasteiger partial charge in [-0.05, 0) is 30.3 Å². The Morgan fingerprint density at radius 1 is 0.971 bits per heavy atom. The zero-order chi connectivity index (χ0) is 25.1. The number of halogens is 2. The molecule has 0 atom stereocenters. The predicted molar refractivity (Wildman–Crippen MR) is 126 cm³/mol. The second-order valence-corrected chi connectivity index (χ2v) is 7.45. The number of nitrogens with zero attached hydrogens (tertiary/aromatic N) is 2. The van der Waals surface area contributed by atoms with E-state index in [9.17, 15) is 18.4 Å². The van der Waals surface area contributed by atoms with Crippen molar-refractivity contribution in [2.45, 2.75) is 6.54 Å². The Morgan fingerprint density at radius 2 is 1.69 bits per heavy atom. The van der Waals surface area contributed by atoms with Gasteiger partial charge in [0.1, 0.15) is 22.7 Å².